The van der Waals surface area contributed by atoms with Crippen molar-refractivity contribution in [2.75, 3.05) is 11.9 Å². The summed E-state index contributed by atoms with van der Waals surface area (Å²) in [5.74, 6) is 0.958. The lowest BCUT2D eigenvalue weighted by Gasteiger charge is -2.07. The fraction of sp³-hybridized carbons (Fsp3) is 0.308. The maximum absolute atomic E-state index is 4.62. The molecule has 2 aromatic rings. The smallest absolute Gasteiger partial charge is 0.126 e. The molecule has 2 nitrogen and oxygen atoms in total. The Morgan fingerprint density at radius 3 is 2.88 bits per heavy atom. The third-order valence-corrected chi connectivity index (χ3v) is 2.96. The molecular formula is C13H15BrN2. The van der Waals surface area contributed by atoms with Crippen molar-refractivity contribution in [1.82, 2.24) is 4.98 Å². The van der Waals surface area contributed by atoms with E-state index >= 15 is 0 Å². The van der Waals surface area contributed by atoms with Crippen LogP contribution in [0.15, 0.2) is 28.7 Å². The summed E-state index contributed by atoms with van der Waals surface area (Å²) in [4.78, 5) is 4.62. The number of nitrogens with one attached hydrogen (secondary N) is 1. The molecule has 0 fully saturated rings. The Bertz CT molecular complexity index is 509. The van der Waals surface area contributed by atoms with Gasteiger partial charge in [0.05, 0.1) is 5.52 Å². The molecule has 1 aromatic heterocycles. The standard InChI is InChI=1S/C13H15BrN2/c1-3-6-15-12-5-4-10-8-11(14)7-9(2)13(10)16-12/h4-5,7-8H,3,6H2,1-2H3,(H,15,16). The quantitative estimate of drug-likeness (QED) is 0.913. The molecule has 0 aliphatic heterocycles. The first kappa shape index (κ1) is 11.4. The van der Waals surface area contributed by atoms with Gasteiger partial charge in [0.15, 0.2) is 0 Å². The first-order chi connectivity index (χ1) is 7.70. The molecule has 16 heavy (non-hydrogen) atoms. The van der Waals surface area contributed by atoms with Crippen LogP contribution in [0, 0.1) is 6.92 Å². The highest BCUT2D eigenvalue weighted by Crippen LogP contribution is 2.23. The molecule has 0 atom stereocenters. The Morgan fingerprint density at radius 2 is 2.12 bits per heavy atom. The van der Waals surface area contributed by atoms with Gasteiger partial charge in [0.2, 0.25) is 0 Å². The molecule has 84 valence electrons. The first-order valence-corrected chi connectivity index (χ1v) is 6.31. The number of hydrogen-bond acceptors (Lipinski definition) is 2. The van der Waals surface area contributed by atoms with Gasteiger partial charge in [-0.25, -0.2) is 4.98 Å². The zero-order valence-corrected chi connectivity index (χ0v) is 11.1. The molecule has 0 amide bonds. The summed E-state index contributed by atoms with van der Waals surface area (Å²) < 4.78 is 1.11. The number of aryl methyl sites for hydroxylation is 1. The molecule has 0 aliphatic carbocycles. The lowest BCUT2D eigenvalue weighted by molar-refractivity contribution is 0.971. The Labute approximate surface area is 104 Å². The molecule has 3 heteroatoms. The summed E-state index contributed by atoms with van der Waals surface area (Å²) in [5, 5.41) is 4.48. The van der Waals surface area contributed by atoms with Gasteiger partial charge in [-0.15, -0.1) is 0 Å². The third kappa shape index (κ3) is 2.35. The Hall–Kier alpha value is -1.09. The summed E-state index contributed by atoms with van der Waals surface area (Å²) in [7, 11) is 0. The molecular weight excluding hydrogens is 264 g/mol. The van der Waals surface area contributed by atoms with Crippen molar-refractivity contribution in [2.24, 2.45) is 0 Å². The zero-order valence-electron chi connectivity index (χ0n) is 9.55. The highest BCUT2D eigenvalue weighted by atomic mass is 79.9. The van der Waals surface area contributed by atoms with Gasteiger partial charge in [0, 0.05) is 16.4 Å². The fourth-order valence-electron chi connectivity index (χ4n) is 1.72. The van der Waals surface area contributed by atoms with E-state index in [9.17, 15) is 0 Å². The highest BCUT2D eigenvalue weighted by molar-refractivity contribution is 9.10. The van der Waals surface area contributed by atoms with E-state index in [1.54, 1.807) is 0 Å². The minimum atomic E-state index is 0.958. The fourth-order valence-corrected chi connectivity index (χ4v) is 2.31. The Kier molecular flexibility index (Phi) is 3.44. The number of fused-ring (bicyclic) bond motifs is 1. The minimum absolute atomic E-state index is 0.958. The molecule has 0 radical (unpaired) electrons. The molecule has 0 spiro atoms. The number of rotatable bonds is 3. The second kappa shape index (κ2) is 4.83. The van der Waals surface area contributed by atoms with Crippen LogP contribution < -0.4 is 5.32 Å². The van der Waals surface area contributed by atoms with Crippen LogP contribution in [0.25, 0.3) is 10.9 Å². The molecule has 1 aromatic carbocycles. The van der Waals surface area contributed by atoms with Gasteiger partial charge in [-0.05, 0) is 43.2 Å². The summed E-state index contributed by atoms with van der Waals surface area (Å²) in [5.41, 5.74) is 2.27. The van der Waals surface area contributed by atoms with E-state index in [0.717, 1.165) is 28.8 Å². The number of benzene rings is 1. The Morgan fingerprint density at radius 1 is 1.31 bits per heavy atom. The molecule has 0 unspecified atom stereocenters. The second-order valence-corrected chi connectivity index (χ2v) is 4.83. The molecule has 0 saturated carbocycles. The number of anilines is 1. The van der Waals surface area contributed by atoms with Crippen molar-refractivity contribution in [1.29, 1.82) is 0 Å². The van der Waals surface area contributed by atoms with Crippen molar-refractivity contribution >= 4 is 32.7 Å². The van der Waals surface area contributed by atoms with Crippen molar-refractivity contribution in [3.63, 3.8) is 0 Å². The largest absolute Gasteiger partial charge is 0.370 e. The predicted octanol–water partition coefficient (Wildman–Crippen LogP) is 4.13. The summed E-state index contributed by atoms with van der Waals surface area (Å²) >= 11 is 3.50. The maximum Gasteiger partial charge on any atom is 0.126 e. The predicted molar refractivity (Wildman–Crippen MR) is 73.0 cm³/mol. The van der Waals surface area contributed by atoms with Crippen LogP contribution in [-0.4, -0.2) is 11.5 Å². The number of nitrogens with zero attached hydrogens (tertiary/aromatic N) is 1. The van der Waals surface area contributed by atoms with Crippen molar-refractivity contribution in [2.45, 2.75) is 20.3 Å². The maximum atomic E-state index is 4.62. The molecule has 2 rings (SSSR count). The van der Waals surface area contributed by atoms with E-state index in [-0.39, 0.29) is 0 Å². The monoisotopic (exact) mass is 278 g/mol. The van der Waals surface area contributed by atoms with Crippen molar-refractivity contribution in [3.05, 3.63) is 34.3 Å². The molecule has 0 aliphatic rings. The van der Waals surface area contributed by atoms with Gasteiger partial charge in [-0.3, -0.25) is 0 Å². The summed E-state index contributed by atoms with van der Waals surface area (Å²) in [6.07, 6.45) is 1.11. The number of aromatic nitrogens is 1. The summed E-state index contributed by atoms with van der Waals surface area (Å²) in [6, 6.07) is 8.33. The molecule has 0 saturated heterocycles. The third-order valence-electron chi connectivity index (χ3n) is 2.50. The topological polar surface area (TPSA) is 24.9 Å². The van der Waals surface area contributed by atoms with Crippen LogP contribution in [0.2, 0.25) is 0 Å². The van der Waals surface area contributed by atoms with Crippen LogP contribution in [0.3, 0.4) is 0 Å². The average Bonchev–Trinajstić information content (AvgIpc) is 2.26. The number of halogens is 1. The van der Waals surface area contributed by atoms with E-state index in [4.69, 9.17) is 0 Å². The van der Waals surface area contributed by atoms with Crippen LogP contribution >= 0.6 is 15.9 Å². The second-order valence-electron chi connectivity index (χ2n) is 3.92. The van der Waals surface area contributed by atoms with E-state index in [2.05, 4.69) is 58.3 Å². The molecule has 1 heterocycles. The lowest BCUT2D eigenvalue weighted by Crippen LogP contribution is -2.01. The van der Waals surface area contributed by atoms with E-state index in [1.807, 2.05) is 6.07 Å². The van der Waals surface area contributed by atoms with Gasteiger partial charge in [0.25, 0.3) is 0 Å². The lowest BCUT2D eigenvalue weighted by atomic mass is 10.1. The zero-order chi connectivity index (χ0) is 11.5. The van der Waals surface area contributed by atoms with Crippen LogP contribution in [-0.2, 0) is 0 Å². The van der Waals surface area contributed by atoms with Gasteiger partial charge in [-0.2, -0.15) is 0 Å². The minimum Gasteiger partial charge on any atom is -0.370 e. The summed E-state index contributed by atoms with van der Waals surface area (Å²) in [6.45, 7) is 5.20. The number of pyridine rings is 1. The van der Waals surface area contributed by atoms with Crippen molar-refractivity contribution < 1.29 is 0 Å². The van der Waals surface area contributed by atoms with E-state index in [1.165, 1.54) is 10.9 Å². The number of hydrogen-bond donors (Lipinski definition) is 1. The first-order valence-electron chi connectivity index (χ1n) is 5.51. The molecule has 1 N–H and O–H groups in total. The van der Waals surface area contributed by atoms with Gasteiger partial charge < -0.3 is 5.32 Å². The average molecular weight is 279 g/mol. The van der Waals surface area contributed by atoms with Crippen LogP contribution in [0.4, 0.5) is 5.82 Å². The van der Waals surface area contributed by atoms with Crippen LogP contribution in [0.5, 0.6) is 0 Å². The van der Waals surface area contributed by atoms with Gasteiger partial charge in [-0.1, -0.05) is 22.9 Å². The normalized spacial score (nSPS) is 10.7. The van der Waals surface area contributed by atoms with E-state index < -0.39 is 0 Å². The SMILES string of the molecule is CCCNc1ccc2cc(Br)cc(C)c2n1. The highest BCUT2D eigenvalue weighted by Gasteiger charge is 2.02. The van der Waals surface area contributed by atoms with Crippen molar-refractivity contribution in [3.8, 4) is 0 Å². The van der Waals surface area contributed by atoms with Crippen LogP contribution in [0.1, 0.15) is 18.9 Å². The Balaban J connectivity index is 2.45. The van der Waals surface area contributed by atoms with Gasteiger partial charge >= 0.3 is 0 Å². The van der Waals surface area contributed by atoms with E-state index in [0.29, 0.717) is 0 Å². The molecule has 0 bridgehead atoms. The van der Waals surface area contributed by atoms with Gasteiger partial charge in [0.1, 0.15) is 5.82 Å².